The number of thiophene rings is 2. The van der Waals surface area contributed by atoms with Crippen LogP contribution in [0.1, 0.15) is 65.0 Å². The van der Waals surface area contributed by atoms with Crippen molar-refractivity contribution >= 4 is 122 Å². The van der Waals surface area contributed by atoms with Crippen LogP contribution in [-0.2, 0) is 31.9 Å². The van der Waals surface area contributed by atoms with Gasteiger partial charge in [-0.3, -0.25) is 9.59 Å². The summed E-state index contributed by atoms with van der Waals surface area (Å²) in [6, 6.07) is 78.1. The Bertz CT molecular complexity index is 4340. The molecule has 0 aliphatic rings. The summed E-state index contributed by atoms with van der Waals surface area (Å²) in [4.78, 5) is 34.8. The van der Waals surface area contributed by atoms with Crippen molar-refractivity contribution in [3.05, 3.63) is 230 Å². The van der Waals surface area contributed by atoms with E-state index in [1.54, 1.807) is 22.7 Å². The van der Waals surface area contributed by atoms with Gasteiger partial charge >= 0.3 is 5.97 Å². The summed E-state index contributed by atoms with van der Waals surface area (Å²) < 4.78 is 20.9. The number of esters is 1. The Morgan fingerprint density at radius 1 is 0.477 bits per heavy atom. The fourth-order valence-electron chi connectivity index (χ4n) is 10.9. The molecule has 0 fully saturated rings. The highest BCUT2D eigenvalue weighted by Crippen LogP contribution is 2.46. The van der Waals surface area contributed by atoms with Gasteiger partial charge < -0.3 is 19.3 Å². The number of Topliss-reactive ketones (excluding diaryl/α,β-unsaturated/α-hetero) is 1. The van der Waals surface area contributed by atoms with E-state index in [-0.39, 0.29) is 23.3 Å². The quantitative estimate of drug-likeness (QED) is 0.0377. The molecule has 0 aliphatic carbocycles. The number of ketones is 1. The molecule has 0 aliphatic heterocycles. The molecule has 3 heterocycles. The van der Waals surface area contributed by atoms with Crippen molar-refractivity contribution in [1.82, 2.24) is 8.75 Å². The monoisotopic (exact) mass is 1200 g/mol. The Kier molecular flexibility index (Phi) is 17.2. The van der Waals surface area contributed by atoms with Gasteiger partial charge in [-0.25, -0.2) is 0 Å². The molecule has 8 nitrogen and oxygen atoms in total. The average Bonchev–Trinajstić information content (AvgIpc) is 2.49. The van der Waals surface area contributed by atoms with Gasteiger partial charge in [-0.2, -0.15) is 8.75 Å². The van der Waals surface area contributed by atoms with Crippen LogP contribution in [0.2, 0.25) is 0 Å². The third kappa shape index (κ3) is 12.9. The zero-order chi connectivity index (χ0) is 59.4. The lowest BCUT2D eigenvalue weighted by Crippen LogP contribution is -2.23. The minimum Gasteiger partial charge on any atom is -0.463 e. The van der Waals surface area contributed by atoms with Gasteiger partial charge in [0.1, 0.15) is 23.4 Å². The highest BCUT2D eigenvalue weighted by atomic mass is 32.1. The van der Waals surface area contributed by atoms with Gasteiger partial charge in [0.15, 0.2) is 0 Å². The topological polar surface area (TPSA) is 84.9 Å². The van der Waals surface area contributed by atoms with Crippen LogP contribution in [0.15, 0.2) is 218 Å². The van der Waals surface area contributed by atoms with Crippen LogP contribution in [0.25, 0.3) is 74.3 Å². The molecular formula is C74H67N4O4PS3. The van der Waals surface area contributed by atoms with E-state index in [1.165, 1.54) is 27.4 Å². The van der Waals surface area contributed by atoms with E-state index >= 15 is 0 Å². The van der Waals surface area contributed by atoms with Crippen LogP contribution in [-0.4, -0.2) is 39.1 Å². The van der Waals surface area contributed by atoms with Crippen molar-refractivity contribution < 1.29 is 19.1 Å². The first kappa shape index (κ1) is 58.2. The second-order valence-electron chi connectivity index (χ2n) is 22.9. The lowest BCUT2D eigenvalue weighted by Gasteiger charge is -2.27. The number of aryl methyl sites for hydroxylation is 2. The summed E-state index contributed by atoms with van der Waals surface area (Å²) in [5.41, 5.74) is 14.5. The molecule has 430 valence electrons. The molecule has 12 rings (SSSR count). The van der Waals surface area contributed by atoms with Crippen LogP contribution >= 0.6 is 43.6 Å². The minimum absolute atomic E-state index is 0.233. The van der Waals surface area contributed by atoms with E-state index in [0.29, 0.717) is 31.7 Å². The molecule has 0 saturated heterocycles. The molecule has 0 N–H and O–H groups in total. The SMILES string of the molecule is CCC(C)(C)C(=O)CCc1ccc(N(c2ccc(-c3ccc(-c4ccc(-c5ccc(-c6ccc(N(c7ccc(CCC(=O)OCCOC(C)(C)P)cc7)c7cccc8ccccc78)cc6)s5)c5nsnc45)s3)cc2)c2cccc3ccccc23)cc1. The Balaban J connectivity index is 0.763. The summed E-state index contributed by atoms with van der Waals surface area (Å²) in [7, 11) is 2.64. The standard InChI is InChI=1S/C74H67N4O4PS3/c1-6-73(2,3)69(79)45-25-49-21-31-55(32-22-49)77(63-19-11-15-51-13-7-9-17-59(51)63)57-35-27-53(28-36-57)65-41-43-67(84-65)61-39-40-62(72-71(61)75-86-76-72)68-44-42-66(85-68)54-29-37-58(38-30-54)78(64-20-12-16-52-14-8-10-18-60(52)64)56-33-23-50(24-34-56)26-46-70(80)81-47-48-82-74(4,5)83/h7-24,27-44H,6,25-26,45-48,83H2,1-5H3. The maximum atomic E-state index is 13.0. The maximum absolute atomic E-state index is 13.0. The van der Waals surface area contributed by atoms with Crippen LogP contribution < -0.4 is 9.80 Å². The summed E-state index contributed by atoms with van der Waals surface area (Å²) in [5, 5.41) is 4.32. The van der Waals surface area contributed by atoms with Gasteiger partial charge in [0.05, 0.1) is 35.1 Å². The number of rotatable bonds is 22. The second kappa shape index (κ2) is 25.4. The average molecular weight is 1200 g/mol. The molecule has 0 bridgehead atoms. The van der Waals surface area contributed by atoms with Crippen molar-refractivity contribution in [3.8, 4) is 41.8 Å². The van der Waals surface area contributed by atoms with Gasteiger partial charge in [-0.05, 0) is 151 Å². The maximum Gasteiger partial charge on any atom is 0.306 e. The van der Waals surface area contributed by atoms with Crippen LogP contribution in [0.5, 0.6) is 0 Å². The number of nitrogens with zero attached hydrogens (tertiary/aromatic N) is 4. The van der Waals surface area contributed by atoms with Gasteiger partial charge in [-0.15, -0.1) is 31.9 Å². The number of aromatic nitrogens is 2. The molecule has 0 amide bonds. The third-order valence-corrected chi connectivity index (χ3v) is 19.1. The van der Waals surface area contributed by atoms with E-state index in [2.05, 4.69) is 244 Å². The van der Waals surface area contributed by atoms with Gasteiger partial charge in [0, 0.05) is 82.4 Å². The minimum atomic E-state index is -0.356. The molecule has 12 heteroatoms. The Labute approximate surface area is 518 Å². The molecular weight excluding hydrogens is 1140 g/mol. The molecule has 0 saturated carbocycles. The molecule has 1 atom stereocenters. The smallest absolute Gasteiger partial charge is 0.306 e. The number of carbonyl (C=O) groups excluding carboxylic acids is 2. The molecule has 0 spiro atoms. The first-order valence-corrected chi connectivity index (χ1v) is 32.2. The lowest BCUT2D eigenvalue weighted by atomic mass is 9.83. The molecule has 12 aromatic rings. The largest absolute Gasteiger partial charge is 0.463 e. The van der Waals surface area contributed by atoms with Crippen molar-refractivity contribution in [3.63, 3.8) is 0 Å². The summed E-state index contributed by atoms with van der Waals surface area (Å²) in [6.45, 7) is 10.7. The van der Waals surface area contributed by atoms with Crippen molar-refractivity contribution in [2.75, 3.05) is 23.0 Å². The fourth-order valence-corrected chi connectivity index (χ4v) is 13.7. The van der Waals surface area contributed by atoms with Gasteiger partial charge in [0.2, 0.25) is 0 Å². The van der Waals surface area contributed by atoms with E-state index in [4.69, 9.17) is 18.2 Å². The van der Waals surface area contributed by atoms with Gasteiger partial charge in [-0.1, -0.05) is 154 Å². The van der Waals surface area contributed by atoms with E-state index in [1.807, 2.05) is 27.7 Å². The number of ether oxygens (including phenoxy) is 2. The first-order valence-electron chi connectivity index (χ1n) is 29.3. The fraction of sp³-hybridized carbons (Fsp3) is 0.189. The molecule has 1 unspecified atom stereocenters. The number of fused-ring (bicyclic) bond motifs is 3. The molecule has 9 aromatic carbocycles. The Morgan fingerprint density at radius 2 is 0.895 bits per heavy atom. The second-order valence-corrected chi connectivity index (χ2v) is 27.0. The van der Waals surface area contributed by atoms with Crippen LogP contribution in [0.3, 0.4) is 0 Å². The van der Waals surface area contributed by atoms with E-state index < -0.39 is 0 Å². The van der Waals surface area contributed by atoms with Gasteiger partial charge in [0.25, 0.3) is 0 Å². The van der Waals surface area contributed by atoms with E-state index in [9.17, 15) is 9.59 Å². The van der Waals surface area contributed by atoms with Crippen LogP contribution in [0, 0.1) is 5.41 Å². The Hall–Kier alpha value is -8.15. The number of hydrogen-bond donors (Lipinski definition) is 0. The lowest BCUT2D eigenvalue weighted by molar-refractivity contribution is -0.145. The predicted molar refractivity (Wildman–Crippen MR) is 366 cm³/mol. The zero-order valence-corrected chi connectivity index (χ0v) is 52.6. The molecule has 0 radical (unpaired) electrons. The van der Waals surface area contributed by atoms with Crippen molar-refractivity contribution in [2.45, 2.75) is 72.1 Å². The number of anilines is 6. The summed E-state index contributed by atoms with van der Waals surface area (Å²) >= 11 is 4.78. The third-order valence-electron chi connectivity index (χ3n) is 16.1. The predicted octanol–water partition coefficient (Wildman–Crippen LogP) is 20.8. The number of carbonyl (C=O) groups is 2. The highest BCUT2D eigenvalue weighted by molar-refractivity contribution is 7.19. The number of benzene rings is 9. The molecule has 86 heavy (non-hydrogen) atoms. The number of hydrogen-bond acceptors (Lipinski definition) is 11. The summed E-state index contributed by atoms with van der Waals surface area (Å²) in [5.74, 6) is 0.0783. The van der Waals surface area contributed by atoms with Crippen LogP contribution in [0.4, 0.5) is 34.1 Å². The van der Waals surface area contributed by atoms with Crippen molar-refractivity contribution in [1.29, 1.82) is 0 Å². The highest BCUT2D eigenvalue weighted by Gasteiger charge is 2.25. The first-order chi connectivity index (χ1) is 41.8. The summed E-state index contributed by atoms with van der Waals surface area (Å²) in [6.07, 6.45) is 2.98. The van der Waals surface area contributed by atoms with Crippen molar-refractivity contribution in [2.24, 2.45) is 5.41 Å². The Morgan fingerprint density at radius 3 is 1.35 bits per heavy atom. The molecule has 3 aromatic heterocycles. The zero-order valence-electron chi connectivity index (χ0n) is 49.0. The van der Waals surface area contributed by atoms with E-state index in [0.717, 1.165) is 117 Å². The normalized spacial score (nSPS) is 11.8.